The highest BCUT2D eigenvalue weighted by Crippen LogP contribution is 2.16. The van der Waals surface area contributed by atoms with Crippen LogP contribution in [0.5, 0.6) is 0 Å². The summed E-state index contributed by atoms with van der Waals surface area (Å²) in [5, 5.41) is 8.20. The molecule has 0 saturated heterocycles. The Kier molecular flexibility index (Phi) is 12.2. The summed E-state index contributed by atoms with van der Waals surface area (Å²) in [6, 6.07) is 19.4. The molecule has 2 aromatic carbocycles. The summed E-state index contributed by atoms with van der Waals surface area (Å²) < 4.78 is 0. The van der Waals surface area contributed by atoms with Crippen molar-refractivity contribution in [2.45, 2.75) is 65.2 Å². The van der Waals surface area contributed by atoms with E-state index in [1.54, 1.807) is 0 Å². The van der Waals surface area contributed by atoms with Crippen LogP contribution in [0.4, 0.5) is 11.4 Å². The van der Waals surface area contributed by atoms with Gasteiger partial charge in [0.25, 0.3) is 0 Å². The standard InChI is InChI=1S/C12H10N2.C10H22/c1-3-7-11(8-4-1)13-14-12-9-5-2-6-10-12;1-3-5-7-9-10-8-6-4-2/h1-10H;3-10H2,1-2H3. The van der Waals surface area contributed by atoms with E-state index in [9.17, 15) is 0 Å². The minimum Gasteiger partial charge on any atom is -0.151 e. The lowest BCUT2D eigenvalue weighted by Crippen LogP contribution is -1.77. The van der Waals surface area contributed by atoms with Crippen LogP contribution in [-0.4, -0.2) is 0 Å². The van der Waals surface area contributed by atoms with Crippen molar-refractivity contribution in [2.24, 2.45) is 10.2 Å². The van der Waals surface area contributed by atoms with Gasteiger partial charge in [-0.05, 0) is 24.3 Å². The first kappa shape index (κ1) is 20.1. The average Bonchev–Trinajstić information content (AvgIpc) is 2.65. The van der Waals surface area contributed by atoms with E-state index in [1.165, 1.54) is 51.4 Å². The third-order valence-corrected chi connectivity index (χ3v) is 3.75. The molecule has 0 aliphatic carbocycles. The molecule has 2 rings (SSSR count). The number of azo groups is 1. The minimum absolute atomic E-state index is 0.872. The van der Waals surface area contributed by atoms with Crippen LogP contribution in [0, 0.1) is 0 Å². The Hall–Kier alpha value is -1.96. The highest BCUT2D eigenvalue weighted by atomic mass is 15.1. The molecule has 130 valence electrons. The molecule has 0 aliphatic rings. The van der Waals surface area contributed by atoms with Crippen LogP contribution in [0.2, 0.25) is 0 Å². The molecular weight excluding hydrogens is 292 g/mol. The van der Waals surface area contributed by atoms with E-state index in [0.29, 0.717) is 0 Å². The van der Waals surface area contributed by atoms with Gasteiger partial charge in [0, 0.05) is 0 Å². The predicted octanol–water partition coefficient (Wildman–Crippen LogP) is 8.25. The first-order valence-electron chi connectivity index (χ1n) is 9.38. The number of hydrogen-bond donors (Lipinski definition) is 0. The van der Waals surface area contributed by atoms with Crippen LogP contribution < -0.4 is 0 Å². The normalized spacial score (nSPS) is 10.4. The quantitative estimate of drug-likeness (QED) is 0.327. The van der Waals surface area contributed by atoms with Gasteiger partial charge >= 0.3 is 0 Å². The van der Waals surface area contributed by atoms with E-state index in [2.05, 4.69) is 24.1 Å². The smallest absolute Gasteiger partial charge is 0.0857 e. The zero-order chi connectivity index (χ0) is 17.3. The Morgan fingerprint density at radius 3 is 1.17 bits per heavy atom. The molecule has 0 saturated carbocycles. The van der Waals surface area contributed by atoms with Crippen LogP contribution in [0.25, 0.3) is 0 Å². The largest absolute Gasteiger partial charge is 0.151 e. The summed E-state index contributed by atoms with van der Waals surface area (Å²) in [5.41, 5.74) is 1.74. The van der Waals surface area contributed by atoms with E-state index >= 15 is 0 Å². The molecule has 2 aromatic rings. The average molecular weight is 325 g/mol. The summed E-state index contributed by atoms with van der Waals surface area (Å²) in [6.07, 6.45) is 11.5. The second-order valence-electron chi connectivity index (χ2n) is 5.99. The Balaban J connectivity index is 0.000000257. The van der Waals surface area contributed by atoms with Gasteiger partial charge in [0.2, 0.25) is 0 Å². The van der Waals surface area contributed by atoms with Crippen molar-refractivity contribution in [2.75, 3.05) is 0 Å². The van der Waals surface area contributed by atoms with Crippen molar-refractivity contribution in [1.82, 2.24) is 0 Å². The Labute approximate surface area is 148 Å². The van der Waals surface area contributed by atoms with E-state index in [1.807, 2.05) is 60.7 Å². The van der Waals surface area contributed by atoms with Crippen molar-refractivity contribution in [3.63, 3.8) is 0 Å². The molecule has 0 N–H and O–H groups in total. The van der Waals surface area contributed by atoms with Crippen LogP contribution in [0.15, 0.2) is 70.9 Å². The Morgan fingerprint density at radius 1 is 0.500 bits per heavy atom. The fraction of sp³-hybridized carbons (Fsp3) is 0.455. The number of rotatable bonds is 9. The molecule has 0 amide bonds. The number of benzene rings is 2. The molecule has 0 heterocycles. The van der Waals surface area contributed by atoms with E-state index in [4.69, 9.17) is 0 Å². The summed E-state index contributed by atoms with van der Waals surface area (Å²) in [6.45, 7) is 4.54. The molecular formula is C22H32N2. The highest BCUT2D eigenvalue weighted by molar-refractivity contribution is 5.39. The summed E-state index contributed by atoms with van der Waals surface area (Å²) in [5.74, 6) is 0. The third-order valence-electron chi connectivity index (χ3n) is 3.75. The zero-order valence-electron chi connectivity index (χ0n) is 15.3. The van der Waals surface area contributed by atoms with Crippen molar-refractivity contribution in [3.8, 4) is 0 Å². The predicted molar refractivity (Wildman–Crippen MR) is 105 cm³/mol. The summed E-state index contributed by atoms with van der Waals surface area (Å²) in [7, 11) is 0. The molecule has 0 atom stereocenters. The first-order chi connectivity index (χ1) is 11.9. The number of unbranched alkanes of at least 4 members (excludes halogenated alkanes) is 7. The topological polar surface area (TPSA) is 24.7 Å². The Morgan fingerprint density at radius 2 is 0.833 bits per heavy atom. The SMILES string of the molecule is CCCCCCCCCC.c1ccc(N=Nc2ccccc2)cc1. The second-order valence-corrected chi connectivity index (χ2v) is 5.99. The van der Waals surface area contributed by atoms with Crippen LogP contribution in [0.3, 0.4) is 0 Å². The fourth-order valence-corrected chi connectivity index (χ4v) is 2.31. The molecule has 24 heavy (non-hydrogen) atoms. The molecule has 0 spiro atoms. The van der Waals surface area contributed by atoms with Gasteiger partial charge in [0.05, 0.1) is 11.4 Å². The lowest BCUT2D eigenvalue weighted by Gasteiger charge is -1.97. The van der Waals surface area contributed by atoms with Crippen LogP contribution in [0.1, 0.15) is 65.2 Å². The van der Waals surface area contributed by atoms with Gasteiger partial charge < -0.3 is 0 Å². The van der Waals surface area contributed by atoms with Crippen molar-refractivity contribution in [1.29, 1.82) is 0 Å². The zero-order valence-corrected chi connectivity index (χ0v) is 15.3. The molecule has 0 unspecified atom stereocenters. The van der Waals surface area contributed by atoms with Gasteiger partial charge in [-0.1, -0.05) is 102 Å². The van der Waals surface area contributed by atoms with E-state index in [-0.39, 0.29) is 0 Å². The number of hydrogen-bond acceptors (Lipinski definition) is 2. The maximum absolute atomic E-state index is 4.10. The van der Waals surface area contributed by atoms with E-state index < -0.39 is 0 Å². The highest BCUT2D eigenvalue weighted by Gasteiger charge is 1.88. The molecule has 0 aromatic heterocycles. The molecule has 0 bridgehead atoms. The molecule has 0 aliphatic heterocycles. The third kappa shape index (κ3) is 10.7. The Bertz CT molecular complexity index is 471. The summed E-state index contributed by atoms with van der Waals surface area (Å²) >= 11 is 0. The van der Waals surface area contributed by atoms with Gasteiger partial charge in [0.1, 0.15) is 0 Å². The molecule has 2 nitrogen and oxygen atoms in total. The van der Waals surface area contributed by atoms with Crippen LogP contribution in [-0.2, 0) is 0 Å². The fourth-order valence-electron chi connectivity index (χ4n) is 2.31. The number of nitrogens with zero attached hydrogens (tertiary/aromatic N) is 2. The second kappa shape index (κ2) is 14.6. The van der Waals surface area contributed by atoms with Gasteiger partial charge in [0.15, 0.2) is 0 Å². The van der Waals surface area contributed by atoms with Crippen LogP contribution >= 0.6 is 0 Å². The van der Waals surface area contributed by atoms with Crippen molar-refractivity contribution < 1.29 is 0 Å². The summed E-state index contributed by atoms with van der Waals surface area (Å²) in [4.78, 5) is 0. The maximum Gasteiger partial charge on any atom is 0.0857 e. The van der Waals surface area contributed by atoms with Gasteiger partial charge in [-0.15, -0.1) is 0 Å². The van der Waals surface area contributed by atoms with Gasteiger partial charge in [-0.3, -0.25) is 0 Å². The molecule has 0 fully saturated rings. The minimum atomic E-state index is 0.872. The van der Waals surface area contributed by atoms with Gasteiger partial charge in [-0.2, -0.15) is 10.2 Å². The van der Waals surface area contributed by atoms with Gasteiger partial charge in [-0.25, -0.2) is 0 Å². The van der Waals surface area contributed by atoms with E-state index in [0.717, 1.165) is 11.4 Å². The van der Waals surface area contributed by atoms with Crippen molar-refractivity contribution in [3.05, 3.63) is 60.7 Å². The maximum atomic E-state index is 4.10. The monoisotopic (exact) mass is 324 g/mol. The molecule has 0 radical (unpaired) electrons. The lowest BCUT2D eigenvalue weighted by molar-refractivity contribution is 0.585. The van der Waals surface area contributed by atoms with Crippen molar-refractivity contribution >= 4 is 11.4 Å². The molecule has 2 heteroatoms. The first-order valence-corrected chi connectivity index (χ1v) is 9.38. The lowest BCUT2D eigenvalue weighted by atomic mass is 10.1.